The van der Waals surface area contributed by atoms with Crippen molar-refractivity contribution < 1.29 is 4.79 Å². The third-order valence-electron chi connectivity index (χ3n) is 3.05. The molecule has 1 aromatic rings. The maximum absolute atomic E-state index is 12.2. The lowest BCUT2D eigenvalue weighted by Crippen LogP contribution is -2.29. The summed E-state index contributed by atoms with van der Waals surface area (Å²) in [6, 6.07) is 3.67. The van der Waals surface area contributed by atoms with E-state index in [2.05, 4.69) is 36.8 Å². The van der Waals surface area contributed by atoms with Gasteiger partial charge in [0.05, 0.1) is 0 Å². The number of carbonyl (C=O) groups excluding carboxylic acids is 1. The van der Waals surface area contributed by atoms with Crippen LogP contribution in [-0.4, -0.2) is 34.2 Å². The zero-order valence-corrected chi connectivity index (χ0v) is 12.6. The van der Waals surface area contributed by atoms with Crippen LogP contribution in [0.3, 0.4) is 0 Å². The lowest BCUT2D eigenvalue weighted by Gasteiger charge is -2.16. The molecule has 5 heteroatoms. The first-order valence-corrected chi connectivity index (χ1v) is 7.59. The average molecular weight is 362 g/mol. The summed E-state index contributed by atoms with van der Waals surface area (Å²) in [5.74, 6) is 0.662. The number of rotatable bonds is 3. The van der Waals surface area contributed by atoms with Crippen LogP contribution in [0, 0.1) is 5.92 Å². The minimum absolute atomic E-state index is 0.0366. The number of likely N-dealkylation sites (tertiary alicyclic amines) is 1. The fourth-order valence-corrected chi connectivity index (χ4v) is 3.17. The summed E-state index contributed by atoms with van der Waals surface area (Å²) in [5, 5.41) is 1.01. The van der Waals surface area contributed by atoms with E-state index in [0.29, 0.717) is 11.6 Å². The summed E-state index contributed by atoms with van der Waals surface area (Å²) >= 11 is 6.82. The van der Waals surface area contributed by atoms with E-state index in [4.69, 9.17) is 0 Å². The Morgan fingerprint density at radius 2 is 2.41 bits per heavy atom. The van der Waals surface area contributed by atoms with Gasteiger partial charge in [-0.3, -0.25) is 4.79 Å². The van der Waals surface area contributed by atoms with Crippen LogP contribution in [-0.2, 0) is 0 Å². The van der Waals surface area contributed by atoms with E-state index in [1.165, 1.54) is 0 Å². The van der Waals surface area contributed by atoms with Gasteiger partial charge >= 0.3 is 0 Å². The molecule has 17 heavy (non-hydrogen) atoms. The van der Waals surface area contributed by atoms with Gasteiger partial charge in [0.2, 0.25) is 0 Å². The first-order chi connectivity index (χ1) is 8.22. The highest BCUT2D eigenvalue weighted by Gasteiger charge is 2.27. The molecule has 1 aliphatic heterocycles. The van der Waals surface area contributed by atoms with Gasteiger partial charge in [0.15, 0.2) is 0 Å². The molecule has 0 N–H and O–H groups in total. The minimum Gasteiger partial charge on any atom is -0.337 e. The molecule has 0 saturated carbocycles. The Bertz CT molecular complexity index is 411. The molecule has 2 heterocycles. The van der Waals surface area contributed by atoms with Gasteiger partial charge in [-0.05, 0) is 46.8 Å². The van der Waals surface area contributed by atoms with Crippen LogP contribution in [0.2, 0.25) is 0 Å². The smallest absolute Gasteiger partial charge is 0.273 e. The molecular formula is C12H14Br2N2O. The Hall–Kier alpha value is -0.420. The number of carbonyl (C=O) groups is 1. The third-order valence-corrected chi connectivity index (χ3v) is 4.15. The number of hydrogen-bond donors (Lipinski definition) is 0. The molecule has 0 bridgehead atoms. The molecule has 0 spiro atoms. The number of aromatic nitrogens is 1. The Morgan fingerprint density at radius 3 is 3.12 bits per heavy atom. The first-order valence-electron chi connectivity index (χ1n) is 5.68. The van der Waals surface area contributed by atoms with E-state index in [9.17, 15) is 4.79 Å². The van der Waals surface area contributed by atoms with E-state index in [1.807, 2.05) is 17.0 Å². The molecule has 1 atom stereocenters. The van der Waals surface area contributed by atoms with E-state index in [0.717, 1.165) is 35.7 Å². The molecule has 1 saturated heterocycles. The zero-order valence-electron chi connectivity index (χ0n) is 9.40. The highest BCUT2D eigenvalue weighted by molar-refractivity contribution is 9.10. The van der Waals surface area contributed by atoms with Crippen molar-refractivity contribution in [2.75, 3.05) is 18.4 Å². The van der Waals surface area contributed by atoms with Crippen molar-refractivity contribution in [3.63, 3.8) is 0 Å². The highest BCUT2D eigenvalue weighted by Crippen LogP contribution is 2.23. The van der Waals surface area contributed by atoms with Crippen LogP contribution >= 0.6 is 31.9 Å². The molecule has 1 aromatic heterocycles. The SMILES string of the molecule is O=C(c1ncccc1Br)N1CCC(CCBr)C1. The largest absolute Gasteiger partial charge is 0.337 e. The predicted molar refractivity (Wildman–Crippen MR) is 74.4 cm³/mol. The van der Waals surface area contributed by atoms with Crippen LogP contribution in [0.4, 0.5) is 0 Å². The fourth-order valence-electron chi connectivity index (χ4n) is 2.10. The van der Waals surface area contributed by atoms with Gasteiger partial charge in [0.1, 0.15) is 5.69 Å². The lowest BCUT2D eigenvalue weighted by atomic mass is 10.1. The topological polar surface area (TPSA) is 33.2 Å². The Morgan fingerprint density at radius 1 is 1.59 bits per heavy atom. The van der Waals surface area contributed by atoms with E-state index >= 15 is 0 Å². The molecule has 2 rings (SSSR count). The molecule has 0 aliphatic carbocycles. The van der Waals surface area contributed by atoms with Gasteiger partial charge < -0.3 is 4.90 Å². The van der Waals surface area contributed by atoms with Crippen molar-refractivity contribution in [2.24, 2.45) is 5.92 Å². The number of nitrogens with zero attached hydrogens (tertiary/aromatic N) is 2. The Balaban J connectivity index is 2.05. The Kier molecular flexibility index (Phi) is 4.56. The van der Waals surface area contributed by atoms with Crippen LogP contribution in [0.15, 0.2) is 22.8 Å². The summed E-state index contributed by atoms with van der Waals surface area (Å²) in [6.07, 6.45) is 3.89. The molecule has 92 valence electrons. The van der Waals surface area contributed by atoms with Gasteiger partial charge in [-0.1, -0.05) is 15.9 Å². The molecular weight excluding hydrogens is 348 g/mol. The zero-order chi connectivity index (χ0) is 12.3. The van der Waals surface area contributed by atoms with Gasteiger partial charge in [-0.15, -0.1) is 0 Å². The predicted octanol–water partition coefficient (Wildman–Crippen LogP) is 3.09. The first kappa shape index (κ1) is 13.0. The number of hydrogen-bond acceptors (Lipinski definition) is 2. The van der Waals surface area contributed by atoms with Gasteiger partial charge in [0.25, 0.3) is 5.91 Å². The van der Waals surface area contributed by atoms with E-state index in [-0.39, 0.29) is 5.91 Å². The van der Waals surface area contributed by atoms with Crippen molar-refractivity contribution in [1.82, 2.24) is 9.88 Å². The minimum atomic E-state index is 0.0366. The summed E-state index contributed by atoms with van der Waals surface area (Å²) in [4.78, 5) is 18.3. The van der Waals surface area contributed by atoms with Crippen LogP contribution in [0.1, 0.15) is 23.3 Å². The second-order valence-corrected chi connectivity index (χ2v) is 5.86. The average Bonchev–Trinajstić information content (AvgIpc) is 2.78. The van der Waals surface area contributed by atoms with Gasteiger partial charge in [0, 0.05) is 29.1 Å². The second kappa shape index (κ2) is 5.96. The Labute approximate surface area is 118 Å². The van der Waals surface area contributed by atoms with Crippen molar-refractivity contribution in [3.8, 4) is 0 Å². The van der Waals surface area contributed by atoms with Gasteiger partial charge in [-0.2, -0.15) is 0 Å². The highest BCUT2D eigenvalue weighted by atomic mass is 79.9. The lowest BCUT2D eigenvalue weighted by molar-refractivity contribution is 0.0780. The van der Waals surface area contributed by atoms with Crippen molar-refractivity contribution in [3.05, 3.63) is 28.5 Å². The fraction of sp³-hybridized carbons (Fsp3) is 0.500. The van der Waals surface area contributed by atoms with Crippen LogP contribution in [0.25, 0.3) is 0 Å². The molecule has 1 fully saturated rings. The quantitative estimate of drug-likeness (QED) is 0.775. The van der Waals surface area contributed by atoms with Crippen LogP contribution in [0.5, 0.6) is 0 Å². The maximum atomic E-state index is 12.2. The monoisotopic (exact) mass is 360 g/mol. The molecule has 3 nitrogen and oxygen atoms in total. The molecule has 0 aromatic carbocycles. The molecule has 1 amide bonds. The number of alkyl halides is 1. The van der Waals surface area contributed by atoms with Gasteiger partial charge in [-0.25, -0.2) is 4.98 Å². The molecule has 1 aliphatic rings. The summed E-state index contributed by atoms with van der Waals surface area (Å²) in [6.45, 7) is 1.70. The standard InChI is InChI=1S/C12H14Br2N2O/c13-5-3-9-4-7-16(8-9)12(17)11-10(14)2-1-6-15-11/h1-2,6,9H,3-5,7-8H2. The molecule has 0 radical (unpaired) electrons. The maximum Gasteiger partial charge on any atom is 0.273 e. The molecule has 1 unspecified atom stereocenters. The van der Waals surface area contributed by atoms with Crippen LogP contribution < -0.4 is 0 Å². The van der Waals surface area contributed by atoms with Crippen molar-refractivity contribution >= 4 is 37.8 Å². The van der Waals surface area contributed by atoms with Crippen molar-refractivity contribution in [1.29, 1.82) is 0 Å². The van der Waals surface area contributed by atoms with Crippen molar-refractivity contribution in [2.45, 2.75) is 12.8 Å². The second-order valence-electron chi connectivity index (χ2n) is 4.22. The van der Waals surface area contributed by atoms with E-state index in [1.54, 1.807) is 6.20 Å². The number of halogens is 2. The normalized spacial score (nSPS) is 19.6. The summed E-state index contributed by atoms with van der Waals surface area (Å²) < 4.78 is 0.772. The summed E-state index contributed by atoms with van der Waals surface area (Å²) in [7, 11) is 0. The van der Waals surface area contributed by atoms with E-state index < -0.39 is 0 Å². The third kappa shape index (κ3) is 3.07. The number of amides is 1. The number of pyridine rings is 1. The summed E-state index contributed by atoms with van der Waals surface area (Å²) in [5.41, 5.74) is 0.520.